The molecule has 1 N–H and O–H groups in total. The molecule has 2 atom stereocenters. The first kappa shape index (κ1) is 21.6. The summed E-state index contributed by atoms with van der Waals surface area (Å²) < 4.78 is 0. The molecule has 2 amide bonds. The highest BCUT2D eigenvalue weighted by Gasteiger charge is 2.44. The van der Waals surface area contributed by atoms with Gasteiger partial charge in [0.05, 0.1) is 12.0 Å². The second-order valence-corrected chi connectivity index (χ2v) is 9.57. The number of benzene rings is 2. The molecular formula is C25H25ClN2O2S. The third kappa shape index (κ3) is 4.39. The Hall–Kier alpha value is -2.63. The van der Waals surface area contributed by atoms with E-state index in [4.69, 9.17) is 11.6 Å². The SMILES string of the molecule is CC(C)CN1C(=O)c2ccccc2C(C(=O)NCc2ccccc2Cl)C1c1cccs1. The van der Waals surface area contributed by atoms with Gasteiger partial charge in [-0.25, -0.2) is 0 Å². The van der Waals surface area contributed by atoms with Crippen LogP contribution in [0.25, 0.3) is 0 Å². The molecule has 1 aliphatic rings. The second kappa shape index (κ2) is 9.25. The summed E-state index contributed by atoms with van der Waals surface area (Å²) in [4.78, 5) is 29.9. The molecule has 160 valence electrons. The lowest BCUT2D eigenvalue weighted by Crippen LogP contribution is -2.48. The Kier molecular flexibility index (Phi) is 6.44. The van der Waals surface area contributed by atoms with Gasteiger partial charge in [0.2, 0.25) is 5.91 Å². The summed E-state index contributed by atoms with van der Waals surface area (Å²) in [5, 5.41) is 5.69. The number of thiophene rings is 1. The third-order valence-corrected chi connectivity index (χ3v) is 6.84. The monoisotopic (exact) mass is 452 g/mol. The number of nitrogens with zero attached hydrogens (tertiary/aromatic N) is 1. The van der Waals surface area contributed by atoms with Crippen molar-refractivity contribution in [1.29, 1.82) is 0 Å². The van der Waals surface area contributed by atoms with Gasteiger partial charge in [0.15, 0.2) is 0 Å². The largest absolute Gasteiger partial charge is 0.351 e. The fourth-order valence-electron chi connectivity index (χ4n) is 4.18. The lowest BCUT2D eigenvalue weighted by Gasteiger charge is -2.42. The van der Waals surface area contributed by atoms with Crippen molar-refractivity contribution in [3.05, 3.63) is 92.6 Å². The van der Waals surface area contributed by atoms with Gasteiger partial charge in [0.25, 0.3) is 5.91 Å². The second-order valence-electron chi connectivity index (χ2n) is 8.19. The summed E-state index contributed by atoms with van der Waals surface area (Å²) in [6, 6.07) is 18.6. The van der Waals surface area contributed by atoms with Crippen LogP contribution in [0.1, 0.15) is 52.2 Å². The van der Waals surface area contributed by atoms with E-state index in [1.165, 1.54) is 0 Å². The number of carbonyl (C=O) groups excluding carboxylic acids is 2. The number of hydrogen-bond acceptors (Lipinski definition) is 3. The molecule has 0 aliphatic carbocycles. The van der Waals surface area contributed by atoms with Gasteiger partial charge in [0, 0.05) is 28.6 Å². The molecule has 0 radical (unpaired) electrons. The number of amides is 2. The number of fused-ring (bicyclic) bond motifs is 1. The number of hydrogen-bond donors (Lipinski definition) is 1. The number of halogens is 1. The van der Waals surface area contributed by atoms with Crippen molar-refractivity contribution in [1.82, 2.24) is 10.2 Å². The Balaban J connectivity index is 1.74. The van der Waals surface area contributed by atoms with E-state index < -0.39 is 5.92 Å². The van der Waals surface area contributed by atoms with Crippen LogP contribution in [-0.2, 0) is 11.3 Å². The average molecular weight is 453 g/mol. The highest BCUT2D eigenvalue weighted by Crippen LogP contribution is 2.44. The minimum absolute atomic E-state index is 0.0159. The Morgan fingerprint density at radius 3 is 2.55 bits per heavy atom. The van der Waals surface area contributed by atoms with Gasteiger partial charge in [-0.15, -0.1) is 11.3 Å². The summed E-state index contributed by atoms with van der Waals surface area (Å²) in [6.07, 6.45) is 0. The highest BCUT2D eigenvalue weighted by molar-refractivity contribution is 7.10. The van der Waals surface area contributed by atoms with Crippen LogP contribution in [-0.4, -0.2) is 23.3 Å². The fourth-order valence-corrected chi connectivity index (χ4v) is 5.26. The van der Waals surface area contributed by atoms with Crippen LogP contribution in [0.5, 0.6) is 0 Å². The van der Waals surface area contributed by atoms with Crippen molar-refractivity contribution in [3.8, 4) is 0 Å². The quantitative estimate of drug-likeness (QED) is 0.525. The van der Waals surface area contributed by atoms with Crippen LogP contribution in [0.3, 0.4) is 0 Å². The summed E-state index contributed by atoms with van der Waals surface area (Å²) >= 11 is 7.86. The number of carbonyl (C=O) groups is 2. The van der Waals surface area contributed by atoms with Crippen LogP contribution in [0.15, 0.2) is 66.0 Å². The van der Waals surface area contributed by atoms with E-state index in [1.54, 1.807) is 11.3 Å². The van der Waals surface area contributed by atoms with E-state index in [-0.39, 0.29) is 23.8 Å². The molecule has 0 saturated carbocycles. The Labute approximate surface area is 191 Å². The van der Waals surface area contributed by atoms with E-state index in [1.807, 2.05) is 70.9 Å². The summed E-state index contributed by atoms with van der Waals surface area (Å²) in [5.74, 6) is -0.331. The predicted molar refractivity (Wildman–Crippen MR) is 125 cm³/mol. The maximum Gasteiger partial charge on any atom is 0.254 e. The van der Waals surface area contributed by atoms with Crippen molar-refractivity contribution in [2.45, 2.75) is 32.4 Å². The van der Waals surface area contributed by atoms with E-state index in [0.717, 1.165) is 16.0 Å². The topological polar surface area (TPSA) is 49.4 Å². The maximum absolute atomic E-state index is 13.6. The van der Waals surface area contributed by atoms with Crippen LogP contribution in [0.4, 0.5) is 0 Å². The molecule has 2 unspecified atom stereocenters. The lowest BCUT2D eigenvalue weighted by atomic mass is 9.81. The predicted octanol–water partition coefficient (Wildman–Crippen LogP) is 5.65. The molecule has 0 spiro atoms. The van der Waals surface area contributed by atoms with E-state index in [9.17, 15) is 9.59 Å². The standard InChI is InChI=1S/C25H25ClN2O2S/c1-16(2)15-28-23(21-12-7-13-31-21)22(18-9-4-5-10-19(18)25(28)30)24(29)27-14-17-8-3-6-11-20(17)26/h3-13,16,22-23H,14-15H2,1-2H3,(H,27,29). The molecule has 4 nitrogen and oxygen atoms in total. The molecule has 0 bridgehead atoms. The van der Waals surface area contributed by atoms with Crippen LogP contribution < -0.4 is 5.32 Å². The van der Waals surface area contributed by atoms with Gasteiger partial charge in [-0.3, -0.25) is 9.59 Å². The lowest BCUT2D eigenvalue weighted by molar-refractivity contribution is -0.124. The minimum Gasteiger partial charge on any atom is -0.351 e. The maximum atomic E-state index is 13.6. The Bertz CT molecular complexity index is 1080. The molecule has 0 fully saturated rings. The molecule has 3 aromatic rings. The molecule has 1 aromatic heterocycles. The van der Waals surface area contributed by atoms with Crippen LogP contribution >= 0.6 is 22.9 Å². The zero-order valence-corrected chi connectivity index (χ0v) is 19.1. The molecule has 31 heavy (non-hydrogen) atoms. The third-order valence-electron chi connectivity index (χ3n) is 5.53. The molecule has 4 rings (SSSR count). The highest BCUT2D eigenvalue weighted by atomic mass is 35.5. The van der Waals surface area contributed by atoms with Crippen molar-refractivity contribution >= 4 is 34.8 Å². The first-order valence-electron chi connectivity index (χ1n) is 10.4. The number of nitrogens with one attached hydrogen (secondary N) is 1. The number of rotatable bonds is 6. The van der Waals surface area contributed by atoms with E-state index in [2.05, 4.69) is 19.2 Å². The summed E-state index contributed by atoms with van der Waals surface area (Å²) in [7, 11) is 0. The van der Waals surface area contributed by atoms with E-state index in [0.29, 0.717) is 23.7 Å². The van der Waals surface area contributed by atoms with Gasteiger partial charge < -0.3 is 10.2 Å². The average Bonchev–Trinajstić information content (AvgIpc) is 3.29. The summed E-state index contributed by atoms with van der Waals surface area (Å²) in [6.45, 7) is 5.11. The van der Waals surface area contributed by atoms with Crippen molar-refractivity contribution in [3.63, 3.8) is 0 Å². The minimum atomic E-state index is -0.492. The zero-order chi connectivity index (χ0) is 22.0. The van der Waals surface area contributed by atoms with Crippen LogP contribution in [0.2, 0.25) is 5.02 Å². The van der Waals surface area contributed by atoms with Crippen molar-refractivity contribution < 1.29 is 9.59 Å². The fraction of sp³-hybridized carbons (Fsp3) is 0.280. The van der Waals surface area contributed by atoms with Gasteiger partial charge in [-0.05, 0) is 40.6 Å². The first-order chi connectivity index (χ1) is 15.0. The van der Waals surface area contributed by atoms with Crippen LogP contribution in [0, 0.1) is 5.92 Å². The van der Waals surface area contributed by atoms with Gasteiger partial charge >= 0.3 is 0 Å². The Morgan fingerprint density at radius 1 is 1.10 bits per heavy atom. The van der Waals surface area contributed by atoms with Gasteiger partial charge in [-0.2, -0.15) is 0 Å². The molecular weight excluding hydrogens is 428 g/mol. The molecule has 0 saturated heterocycles. The first-order valence-corrected chi connectivity index (χ1v) is 11.7. The Morgan fingerprint density at radius 2 is 1.84 bits per heavy atom. The van der Waals surface area contributed by atoms with Crippen molar-refractivity contribution in [2.75, 3.05) is 6.54 Å². The normalized spacial score (nSPS) is 18.2. The summed E-state index contributed by atoms with van der Waals surface area (Å²) in [5.41, 5.74) is 2.25. The molecule has 2 aromatic carbocycles. The molecule has 2 heterocycles. The smallest absolute Gasteiger partial charge is 0.254 e. The van der Waals surface area contributed by atoms with Gasteiger partial charge in [-0.1, -0.05) is 67.9 Å². The van der Waals surface area contributed by atoms with Gasteiger partial charge in [0.1, 0.15) is 0 Å². The zero-order valence-electron chi connectivity index (χ0n) is 17.5. The van der Waals surface area contributed by atoms with E-state index >= 15 is 0 Å². The van der Waals surface area contributed by atoms with Crippen molar-refractivity contribution in [2.24, 2.45) is 5.92 Å². The molecule has 6 heteroatoms. The molecule has 1 aliphatic heterocycles.